The largest absolute Gasteiger partial charge is 0.497 e. The molecule has 0 radical (unpaired) electrons. The molecule has 1 aromatic heterocycles. The van der Waals surface area contributed by atoms with Crippen LogP contribution in [0, 0.1) is 13.8 Å². The number of ether oxygens (including phenoxy) is 2. The van der Waals surface area contributed by atoms with Gasteiger partial charge in [0, 0.05) is 40.8 Å². The lowest BCUT2D eigenvalue weighted by Gasteiger charge is -2.12. The van der Waals surface area contributed by atoms with Gasteiger partial charge in [-0.1, -0.05) is 30.3 Å². The summed E-state index contributed by atoms with van der Waals surface area (Å²) in [4.78, 5) is 12.9. The Hall–Kier alpha value is -3.73. The van der Waals surface area contributed by atoms with E-state index in [-0.39, 0.29) is 5.91 Å². The van der Waals surface area contributed by atoms with Crippen molar-refractivity contribution in [2.75, 3.05) is 14.2 Å². The molecule has 1 heterocycles. The van der Waals surface area contributed by atoms with Crippen LogP contribution in [-0.4, -0.2) is 24.7 Å². The van der Waals surface area contributed by atoms with E-state index in [1.165, 1.54) is 16.8 Å². The number of aryl methyl sites for hydroxylation is 1. The van der Waals surface area contributed by atoms with Gasteiger partial charge in [0.15, 0.2) is 0 Å². The number of carbonyl (C=O) groups excluding carboxylic acids is 1. The van der Waals surface area contributed by atoms with Crippen molar-refractivity contribution in [2.45, 2.75) is 26.9 Å². The summed E-state index contributed by atoms with van der Waals surface area (Å²) < 4.78 is 13.0. The van der Waals surface area contributed by atoms with Crippen molar-refractivity contribution < 1.29 is 14.3 Å². The van der Waals surface area contributed by atoms with Crippen molar-refractivity contribution >= 4 is 16.8 Å². The maximum Gasteiger partial charge on any atom is 0.251 e. The number of benzene rings is 3. The number of carbonyl (C=O) groups is 1. The van der Waals surface area contributed by atoms with Crippen LogP contribution >= 0.6 is 0 Å². The Balaban J connectivity index is 1.58. The third-order valence-electron chi connectivity index (χ3n) is 6.01. The molecule has 0 atom stereocenters. The summed E-state index contributed by atoms with van der Waals surface area (Å²) in [5.74, 6) is 1.32. The number of nitrogens with one attached hydrogen (secondary N) is 1. The van der Waals surface area contributed by atoms with Gasteiger partial charge >= 0.3 is 0 Å². The second kappa shape index (κ2) is 9.18. The summed E-state index contributed by atoms with van der Waals surface area (Å²) in [6.45, 7) is 5.40. The highest BCUT2D eigenvalue weighted by Crippen LogP contribution is 2.28. The maximum absolute atomic E-state index is 12.9. The number of rotatable bonds is 7. The van der Waals surface area contributed by atoms with Crippen LogP contribution < -0.4 is 14.8 Å². The number of aromatic nitrogens is 1. The van der Waals surface area contributed by atoms with Crippen molar-refractivity contribution in [1.82, 2.24) is 9.88 Å². The zero-order valence-electron chi connectivity index (χ0n) is 18.9. The van der Waals surface area contributed by atoms with Crippen molar-refractivity contribution in [3.63, 3.8) is 0 Å². The van der Waals surface area contributed by atoms with Crippen LogP contribution in [0.15, 0.2) is 66.7 Å². The molecule has 5 nitrogen and oxygen atoms in total. The number of hydrogen-bond donors (Lipinski definition) is 1. The van der Waals surface area contributed by atoms with Gasteiger partial charge in [-0.15, -0.1) is 0 Å². The second-order valence-electron chi connectivity index (χ2n) is 7.87. The Morgan fingerprint density at radius 1 is 0.938 bits per heavy atom. The van der Waals surface area contributed by atoms with E-state index >= 15 is 0 Å². The number of methoxy groups -OCH3 is 2. The Kier molecular flexibility index (Phi) is 6.17. The molecular weight excluding hydrogens is 400 g/mol. The van der Waals surface area contributed by atoms with E-state index in [1.54, 1.807) is 14.2 Å². The minimum Gasteiger partial charge on any atom is -0.497 e. The SMILES string of the molecule is COc1ccc(OC)c(CNC(=O)c2ccc3c(c2)c(C)c(C)n3Cc2ccccc2)c1. The van der Waals surface area contributed by atoms with Gasteiger partial charge in [0.25, 0.3) is 5.91 Å². The van der Waals surface area contributed by atoms with Crippen molar-refractivity contribution in [1.29, 1.82) is 0 Å². The molecule has 4 aromatic rings. The summed E-state index contributed by atoms with van der Waals surface area (Å²) in [6, 6.07) is 21.9. The number of hydrogen-bond acceptors (Lipinski definition) is 3. The zero-order chi connectivity index (χ0) is 22.7. The van der Waals surface area contributed by atoms with Gasteiger partial charge in [-0.25, -0.2) is 0 Å². The molecular formula is C27H28N2O3. The summed E-state index contributed by atoms with van der Waals surface area (Å²) in [6.07, 6.45) is 0. The lowest BCUT2D eigenvalue weighted by Crippen LogP contribution is -2.23. The quantitative estimate of drug-likeness (QED) is 0.437. The standard InChI is InChI=1S/C27H28N2O3/c1-18-19(2)29(17-20-8-6-5-7-9-20)25-12-10-21(15-24(18)25)27(30)28-16-22-14-23(31-3)11-13-26(22)32-4/h5-15H,16-17H2,1-4H3,(H,28,30). The molecule has 164 valence electrons. The predicted octanol–water partition coefficient (Wildman–Crippen LogP) is 5.25. The van der Waals surface area contributed by atoms with Crippen LogP contribution in [0.25, 0.3) is 10.9 Å². The van der Waals surface area contributed by atoms with Gasteiger partial charge in [0.2, 0.25) is 0 Å². The van der Waals surface area contributed by atoms with Gasteiger partial charge in [-0.3, -0.25) is 4.79 Å². The molecule has 32 heavy (non-hydrogen) atoms. The highest BCUT2D eigenvalue weighted by atomic mass is 16.5. The molecule has 1 amide bonds. The van der Waals surface area contributed by atoms with Crippen LogP contribution in [-0.2, 0) is 13.1 Å². The molecule has 0 bridgehead atoms. The highest BCUT2D eigenvalue weighted by Gasteiger charge is 2.15. The molecule has 0 saturated heterocycles. The van der Waals surface area contributed by atoms with E-state index < -0.39 is 0 Å². The molecule has 0 unspecified atom stereocenters. The van der Waals surface area contributed by atoms with Gasteiger partial charge in [-0.2, -0.15) is 0 Å². The molecule has 1 N–H and O–H groups in total. The monoisotopic (exact) mass is 428 g/mol. The minimum absolute atomic E-state index is 0.121. The Morgan fingerprint density at radius 3 is 2.44 bits per heavy atom. The summed E-state index contributed by atoms with van der Waals surface area (Å²) in [5.41, 5.74) is 6.29. The van der Waals surface area contributed by atoms with E-state index in [0.717, 1.165) is 28.8 Å². The van der Waals surface area contributed by atoms with Gasteiger partial charge < -0.3 is 19.4 Å². The van der Waals surface area contributed by atoms with Gasteiger partial charge in [-0.05, 0) is 61.4 Å². The Labute approximate surface area is 188 Å². The summed E-state index contributed by atoms with van der Waals surface area (Å²) >= 11 is 0. The minimum atomic E-state index is -0.121. The van der Waals surface area contributed by atoms with E-state index in [0.29, 0.717) is 17.9 Å². The normalized spacial score (nSPS) is 10.9. The molecule has 0 aliphatic heterocycles. The van der Waals surface area contributed by atoms with Crippen molar-refractivity contribution in [3.8, 4) is 11.5 Å². The number of fused-ring (bicyclic) bond motifs is 1. The number of nitrogens with zero attached hydrogens (tertiary/aromatic N) is 1. The summed E-state index contributed by atoms with van der Waals surface area (Å²) in [7, 11) is 3.24. The molecule has 0 aliphatic rings. The Bertz CT molecular complexity index is 1260. The van der Waals surface area contributed by atoms with Crippen LogP contribution in [0.2, 0.25) is 0 Å². The van der Waals surface area contributed by atoms with Crippen LogP contribution in [0.5, 0.6) is 11.5 Å². The first kappa shape index (κ1) is 21.5. The first-order valence-corrected chi connectivity index (χ1v) is 10.6. The fourth-order valence-electron chi connectivity index (χ4n) is 4.06. The predicted molar refractivity (Wildman–Crippen MR) is 128 cm³/mol. The molecule has 0 aliphatic carbocycles. The van der Waals surface area contributed by atoms with E-state index in [9.17, 15) is 4.79 Å². The van der Waals surface area contributed by atoms with Gasteiger partial charge in [0.05, 0.1) is 14.2 Å². The highest BCUT2D eigenvalue weighted by molar-refractivity contribution is 5.99. The third kappa shape index (κ3) is 4.19. The lowest BCUT2D eigenvalue weighted by atomic mass is 10.1. The average molecular weight is 429 g/mol. The molecule has 0 fully saturated rings. The fourth-order valence-corrected chi connectivity index (χ4v) is 4.06. The third-order valence-corrected chi connectivity index (χ3v) is 6.01. The summed E-state index contributed by atoms with van der Waals surface area (Å²) in [5, 5.41) is 4.11. The molecule has 0 spiro atoms. The van der Waals surface area contributed by atoms with E-state index in [2.05, 4.69) is 48.0 Å². The number of amides is 1. The molecule has 4 rings (SSSR count). The average Bonchev–Trinajstić information content (AvgIpc) is 3.07. The lowest BCUT2D eigenvalue weighted by molar-refractivity contribution is 0.0950. The zero-order valence-corrected chi connectivity index (χ0v) is 18.9. The second-order valence-corrected chi connectivity index (χ2v) is 7.87. The first-order valence-electron chi connectivity index (χ1n) is 10.6. The molecule has 5 heteroatoms. The van der Waals surface area contributed by atoms with Crippen LogP contribution in [0.1, 0.15) is 32.7 Å². The smallest absolute Gasteiger partial charge is 0.251 e. The first-order chi connectivity index (χ1) is 15.5. The topological polar surface area (TPSA) is 52.5 Å². The molecule has 0 saturated carbocycles. The molecule has 3 aromatic carbocycles. The maximum atomic E-state index is 12.9. The van der Waals surface area contributed by atoms with Crippen molar-refractivity contribution in [3.05, 3.63) is 94.7 Å². The van der Waals surface area contributed by atoms with E-state index in [4.69, 9.17) is 9.47 Å². The van der Waals surface area contributed by atoms with Crippen LogP contribution in [0.3, 0.4) is 0 Å². The Morgan fingerprint density at radius 2 is 1.72 bits per heavy atom. The van der Waals surface area contributed by atoms with Gasteiger partial charge in [0.1, 0.15) is 11.5 Å². The van der Waals surface area contributed by atoms with E-state index in [1.807, 2.05) is 42.5 Å². The van der Waals surface area contributed by atoms with Crippen LogP contribution in [0.4, 0.5) is 0 Å². The van der Waals surface area contributed by atoms with Crippen molar-refractivity contribution in [2.24, 2.45) is 0 Å². The fraction of sp³-hybridized carbons (Fsp3) is 0.222.